The molecule has 0 aromatic heterocycles. The Kier molecular flexibility index (Phi) is 9.67. The van der Waals surface area contributed by atoms with Gasteiger partial charge in [0.1, 0.15) is 5.75 Å². The number of methoxy groups -OCH3 is 2. The van der Waals surface area contributed by atoms with Gasteiger partial charge in [-0.25, -0.2) is 0 Å². The van der Waals surface area contributed by atoms with Crippen molar-refractivity contribution in [1.82, 2.24) is 0 Å². The molecule has 0 spiro atoms. The normalized spacial score (nSPS) is 11.1. The zero-order valence-electron chi connectivity index (χ0n) is 14.3. The van der Waals surface area contributed by atoms with Crippen molar-refractivity contribution >= 4 is 5.69 Å². The number of ether oxygens (including phenoxy) is 3. The summed E-state index contributed by atoms with van der Waals surface area (Å²) in [6.45, 7) is 2.96. The molecule has 0 atom stereocenters. The highest BCUT2D eigenvalue weighted by Gasteiger charge is 2.08. The molecule has 0 saturated heterocycles. The van der Waals surface area contributed by atoms with Crippen LogP contribution in [0.2, 0.25) is 0 Å². The summed E-state index contributed by atoms with van der Waals surface area (Å²) in [6.07, 6.45) is 7.98. The number of unbranched alkanes of at least 4 members (excludes halogenated alkanes) is 5. The van der Waals surface area contributed by atoms with Gasteiger partial charge in [0.25, 0.3) is 0 Å². The summed E-state index contributed by atoms with van der Waals surface area (Å²) in [7, 11) is 3.27. The zero-order valence-corrected chi connectivity index (χ0v) is 14.3. The van der Waals surface area contributed by atoms with Gasteiger partial charge >= 0.3 is 0 Å². The molecule has 126 valence electrons. The summed E-state index contributed by atoms with van der Waals surface area (Å²) >= 11 is 0. The first-order valence-electron chi connectivity index (χ1n) is 8.28. The van der Waals surface area contributed by atoms with Gasteiger partial charge in [-0.15, -0.1) is 0 Å². The predicted molar refractivity (Wildman–Crippen MR) is 91.2 cm³/mol. The molecule has 0 bridgehead atoms. The Labute approximate surface area is 134 Å². The fraction of sp³-hybridized carbons (Fsp3) is 0.667. The lowest BCUT2D eigenvalue weighted by Crippen LogP contribution is -2.16. The van der Waals surface area contributed by atoms with E-state index in [1.165, 1.54) is 32.1 Å². The monoisotopic (exact) mass is 309 g/mol. The van der Waals surface area contributed by atoms with Crippen LogP contribution in [0.3, 0.4) is 0 Å². The number of rotatable bonds is 12. The molecule has 0 saturated carbocycles. The van der Waals surface area contributed by atoms with Gasteiger partial charge in [0.05, 0.1) is 12.3 Å². The van der Waals surface area contributed by atoms with E-state index in [4.69, 9.17) is 19.9 Å². The van der Waals surface area contributed by atoms with Gasteiger partial charge in [0.15, 0.2) is 6.29 Å². The van der Waals surface area contributed by atoms with Crippen LogP contribution in [0.1, 0.15) is 51.0 Å². The minimum Gasteiger partial charge on any atom is -0.491 e. The molecule has 22 heavy (non-hydrogen) atoms. The number of nitrogen functional groups attached to an aromatic ring is 1. The molecule has 1 aromatic rings. The van der Waals surface area contributed by atoms with E-state index in [0.717, 1.165) is 24.3 Å². The third kappa shape index (κ3) is 7.14. The maximum Gasteiger partial charge on any atom is 0.160 e. The smallest absolute Gasteiger partial charge is 0.160 e. The molecule has 0 aliphatic heterocycles. The third-order valence-electron chi connectivity index (χ3n) is 3.76. The fourth-order valence-electron chi connectivity index (χ4n) is 2.38. The van der Waals surface area contributed by atoms with E-state index >= 15 is 0 Å². The second kappa shape index (κ2) is 11.3. The van der Waals surface area contributed by atoms with Crippen LogP contribution in [0.5, 0.6) is 5.75 Å². The number of hydrogen-bond donors (Lipinski definition) is 1. The molecule has 1 rings (SSSR count). The molecule has 0 amide bonds. The van der Waals surface area contributed by atoms with Crippen LogP contribution in [-0.4, -0.2) is 27.1 Å². The first-order valence-corrected chi connectivity index (χ1v) is 8.28. The molecular formula is C18H31NO3. The molecular weight excluding hydrogens is 278 g/mol. The van der Waals surface area contributed by atoms with E-state index in [0.29, 0.717) is 12.1 Å². The van der Waals surface area contributed by atoms with Gasteiger partial charge in [-0.3, -0.25) is 0 Å². The van der Waals surface area contributed by atoms with Crippen LogP contribution in [-0.2, 0) is 15.9 Å². The van der Waals surface area contributed by atoms with E-state index in [9.17, 15) is 0 Å². The maximum atomic E-state index is 6.05. The molecule has 4 nitrogen and oxygen atoms in total. The Morgan fingerprint density at radius 3 is 2.32 bits per heavy atom. The minimum absolute atomic E-state index is 0.241. The lowest BCUT2D eigenvalue weighted by atomic mass is 10.1. The molecule has 4 heteroatoms. The first-order chi connectivity index (χ1) is 10.7. The second-order valence-corrected chi connectivity index (χ2v) is 5.59. The summed E-state index contributed by atoms with van der Waals surface area (Å²) in [4.78, 5) is 0. The number of benzene rings is 1. The zero-order chi connectivity index (χ0) is 16.2. The Balaban J connectivity index is 2.33. The lowest BCUT2D eigenvalue weighted by molar-refractivity contribution is -0.100. The van der Waals surface area contributed by atoms with Gasteiger partial charge < -0.3 is 19.9 Å². The fourth-order valence-corrected chi connectivity index (χ4v) is 2.38. The summed E-state index contributed by atoms with van der Waals surface area (Å²) in [5.74, 6) is 0.767. The van der Waals surface area contributed by atoms with Crippen LogP contribution in [0.4, 0.5) is 5.69 Å². The van der Waals surface area contributed by atoms with Crippen molar-refractivity contribution in [2.45, 2.75) is 58.2 Å². The van der Waals surface area contributed by atoms with Crippen molar-refractivity contribution in [3.8, 4) is 5.75 Å². The topological polar surface area (TPSA) is 53.7 Å². The largest absolute Gasteiger partial charge is 0.491 e. The van der Waals surface area contributed by atoms with Crippen molar-refractivity contribution in [2.75, 3.05) is 26.6 Å². The second-order valence-electron chi connectivity index (χ2n) is 5.59. The van der Waals surface area contributed by atoms with Crippen LogP contribution >= 0.6 is 0 Å². The Morgan fingerprint density at radius 1 is 1.00 bits per heavy atom. The summed E-state index contributed by atoms with van der Waals surface area (Å²) in [6, 6.07) is 5.88. The number of hydrogen-bond acceptors (Lipinski definition) is 4. The molecule has 0 aliphatic rings. The van der Waals surface area contributed by atoms with Crippen molar-refractivity contribution in [1.29, 1.82) is 0 Å². The maximum absolute atomic E-state index is 6.05. The van der Waals surface area contributed by atoms with Gasteiger partial charge in [0, 0.05) is 20.6 Å². The van der Waals surface area contributed by atoms with E-state index in [1.54, 1.807) is 14.2 Å². The van der Waals surface area contributed by atoms with Crippen molar-refractivity contribution < 1.29 is 14.2 Å². The predicted octanol–water partition coefficient (Wildman–Crippen LogP) is 4.17. The Hall–Kier alpha value is -1.26. The van der Waals surface area contributed by atoms with Crippen LogP contribution in [0.15, 0.2) is 18.2 Å². The molecule has 1 aromatic carbocycles. The van der Waals surface area contributed by atoms with Gasteiger partial charge in [-0.1, -0.05) is 45.1 Å². The Morgan fingerprint density at radius 2 is 1.68 bits per heavy atom. The molecule has 0 aliphatic carbocycles. The van der Waals surface area contributed by atoms with Gasteiger partial charge in [0.2, 0.25) is 0 Å². The highest BCUT2D eigenvalue weighted by molar-refractivity contribution is 5.54. The molecule has 0 radical (unpaired) electrons. The van der Waals surface area contributed by atoms with E-state index in [1.807, 2.05) is 18.2 Å². The third-order valence-corrected chi connectivity index (χ3v) is 3.76. The highest BCUT2D eigenvalue weighted by atomic mass is 16.7. The van der Waals surface area contributed by atoms with Gasteiger partial charge in [-0.2, -0.15) is 0 Å². The molecule has 0 unspecified atom stereocenters. The summed E-state index contributed by atoms with van der Waals surface area (Å²) in [5.41, 5.74) is 7.81. The lowest BCUT2D eigenvalue weighted by Gasteiger charge is -2.15. The average molecular weight is 309 g/mol. The standard InChI is InChI=1S/C18H31NO3/c1-4-5-6-7-8-9-12-22-17-11-10-15(13-16(17)19)14-18(20-2)21-3/h10-11,13,18H,4-9,12,14,19H2,1-3H3. The van der Waals surface area contributed by atoms with Crippen molar-refractivity contribution in [3.05, 3.63) is 23.8 Å². The van der Waals surface area contributed by atoms with Crippen LogP contribution in [0, 0.1) is 0 Å². The Bertz CT molecular complexity index is 405. The SMILES string of the molecule is CCCCCCCCOc1ccc(CC(OC)OC)cc1N. The number of anilines is 1. The van der Waals surface area contributed by atoms with Crippen LogP contribution in [0.25, 0.3) is 0 Å². The molecule has 2 N–H and O–H groups in total. The minimum atomic E-state index is -0.241. The summed E-state index contributed by atoms with van der Waals surface area (Å²) < 4.78 is 16.2. The van der Waals surface area contributed by atoms with Crippen LogP contribution < -0.4 is 10.5 Å². The summed E-state index contributed by atoms with van der Waals surface area (Å²) in [5, 5.41) is 0. The quantitative estimate of drug-likeness (QED) is 0.358. The van der Waals surface area contributed by atoms with E-state index < -0.39 is 0 Å². The van der Waals surface area contributed by atoms with Crippen molar-refractivity contribution in [2.24, 2.45) is 0 Å². The highest BCUT2D eigenvalue weighted by Crippen LogP contribution is 2.24. The van der Waals surface area contributed by atoms with E-state index in [2.05, 4.69) is 6.92 Å². The molecule has 0 heterocycles. The molecule has 0 fully saturated rings. The number of nitrogens with two attached hydrogens (primary N) is 1. The van der Waals surface area contributed by atoms with Gasteiger partial charge in [-0.05, 0) is 24.1 Å². The first kappa shape index (κ1) is 18.8. The van der Waals surface area contributed by atoms with E-state index in [-0.39, 0.29) is 6.29 Å². The average Bonchev–Trinajstić information content (AvgIpc) is 2.53. The van der Waals surface area contributed by atoms with Crippen molar-refractivity contribution in [3.63, 3.8) is 0 Å².